The van der Waals surface area contributed by atoms with Crippen LogP contribution in [-0.2, 0) is 14.3 Å². The molecule has 0 unspecified atom stereocenters. The van der Waals surface area contributed by atoms with E-state index in [0.717, 1.165) is 19.3 Å². The minimum Gasteiger partial charge on any atom is -0.438 e. The molecule has 3 heteroatoms. The summed E-state index contributed by atoms with van der Waals surface area (Å²) in [6.45, 7) is 5.90. The van der Waals surface area contributed by atoms with Crippen LogP contribution < -0.4 is 0 Å². The number of carbonyl (C=O) groups excluding carboxylic acids is 1. The van der Waals surface area contributed by atoms with Crippen molar-refractivity contribution >= 4 is 5.97 Å². The van der Waals surface area contributed by atoms with E-state index in [1.807, 2.05) is 20.8 Å². The van der Waals surface area contributed by atoms with Gasteiger partial charge in [0.2, 0.25) is 0 Å². The van der Waals surface area contributed by atoms with E-state index in [0.29, 0.717) is 6.10 Å². The number of esters is 1. The number of rotatable bonds is 5. The van der Waals surface area contributed by atoms with E-state index < -0.39 is 5.41 Å². The molecule has 1 aliphatic carbocycles. The maximum atomic E-state index is 11.6. The van der Waals surface area contributed by atoms with E-state index in [9.17, 15) is 4.79 Å². The highest BCUT2D eigenvalue weighted by atomic mass is 16.7. The fraction of sp³-hybridized carbons (Fsp3) is 0.923. The van der Waals surface area contributed by atoms with Gasteiger partial charge in [-0.05, 0) is 33.1 Å². The number of hydrogen-bond acceptors (Lipinski definition) is 3. The lowest BCUT2D eigenvalue weighted by Crippen LogP contribution is -2.28. The van der Waals surface area contributed by atoms with Crippen molar-refractivity contribution in [2.45, 2.75) is 65.4 Å². The van der Waals surface area contributed by atoms with Crippen LogP contribution in [0.25, 0.3) is 0 Å². The molecule has 0 N–H and O–H groups in total. The molecule has 0 aromatic rings. The van der Waals surface area contributed by atoms with Crippen LogP contribution in [0, 0.1) is 5.41 Å². The molecule has 1 rings (SSSR count). The fourth-order valence-corrected chi connectivity index (χ4v) is 1.76. The van der Waals surface area contributed by atoms with Crippen LogP contribution in [0.5, 0.6) is 0 Å². The summed E-state index contributed by atoms with van der Waals surface area (Å²) >= 11 is 0. The Balaban J connectivity index is 2.17. The fourth-order valence-electron chi connectivity index (χ4n) is 1.76. The first kappa shape index (κ1) is 13.5. The Labute approximate surface area is 98.5 Å². The molecule has 1 aliphatic rings. The molecule has 0 radical (unpaired) electrons. The van der Waals surface area contributed by atoms with E-state index in [1.165, 1.54) is 19.3 Å². The van der Waals surface area contributed by atoms with Crippen molar-refractivity contribution in [3.8, 4) is 0 Å². The summed E-state index contributed by atoms with van der Waals surface area (Å²) in [4.78, 5) is 11.6. The molecular weight excluding hydrogens is 204 g/mol. The van der Waals surface area contributed by atoms with Crippen LogP contribution >= 0.6 is 0 Å². The van der Waals surface area contributed by atoms with Crippen LogP contribution in [0.2, 0.25) is 0 Å². The lowest BCUT2D eigenvalue weighted by molar-refractivity contribution is -0.172. The average molecular weight is 228 g/mol. The van der Waals surface area contributed by atoms with E-state index >= 15 is 0 Å². The van der Waals surface area contributed by atoms with Gasteiger partial charge in [-0.1, -0.05) is 26.2 Å². The highest BCUT2D eigenvalue weighted by Crippen LogP contribution is 2.23. The van der Waals surface area contributed by atoms with Gasteiger partial charge in [-0.2, -0.15) is 0 Å². The van der Waals surface area contributed by atoms with Gasteiger partial charge in [0.1, 0.15) is 0 Å². The minimum absolute atomic E-state index is 0.118. The van der Waals surface area contributed by atoms with Gasteiger partial charge in [-0.25, -0.2) is 0 Å². The average Bonchev–Trinajstić information content (AvgIpc) is 2.30. The summed E-state index contributed by atoms with van der Waals surface area (Å²) < 4.78 is 10.7. The van der Waals surface area contributed by atoms with Gasteiger partial charge in [0, 0.05) is 0 Å². The van der Waals surface area contributed by atoms with Crippen LogP contribution in [0.4, 0.5) is 0 Å². The topological polar surface area (TPSA) is 35.5 Å². The standard InChI is InChI=1S/C13H24O3/c1-4-13(2,3)12(14)16-10-15-11-8-6-5-7-9-11/h11H,4-10H2,1-3H3. The SMILES string of the molecule is CCC(C)(C)C(=O)OCOC1CCCCC1. The van der Waals surface area contributed by atoms with Gasteiger partial charge in [-0.15, -0.1) is 0 Å². The lowest BCUT2D eigenvalue weighted by Gasteiger charge is -2.24. The quantitative estimate of drug-likeness (QED) is 0.535. The molecule has 1 saturated carbocycles. The van der Waals surface area contributed by atoms with E-state index in [-0.39, 0.29) is 12.8 Å². The summed E-state index contributed by atoms with van der Waals surface area (Å²) in [5, 5.41) is 0. The molecule has 0 aliphatic heterocycles. The van der Waals surface area contributed by atoms with Crippen molar-refractivity contribution in [1.82, 2.24) is 0 Å². The molecule has 0 bridgehead atoms. The van der Waals surface area contributed by atoms with E-state index in [4.69, 9.17) is 9.47 Å². The van der Waals surface area contributed by atoms with Crippen molar-refractivity contribution in [2.24, 2.45) is 5.41 Å². The second kappa shape index (κ2) is 6.24. The molecule has 0 aromatic heterocycles. The zero-order valence-corrected chi connectivity index (χ0v) is 10.8. The number of hydrogen-bond donors (Lipinski definition) is 0. The molecule has 1 fully saturated rings. The third-order valence-electron chi connectivity index (χ3n) is 3.48. The normalized spacial score (nSPS) is 18.4. The lowest BCUT2D eigenvalue weighted by atomic mass is 9.91. The molecule has 3 nitrogen and oxygen atoms in total. The predicted octanol–water partition coefficient (Wildman–Crippen LogP) is 3.27. The van der Waals surface area contributed by atoms with Gasteiger partial charge >= 0.3 is 5.97 Å². The van der Waals surface area contributed by atoms with E-state index in [1.54, 1.807) is 0 Å². The zero-order chi connectivity index (χ0) is 12.0. The molecule has 0 saturated heterocycles. The molecule has 16 heavy (non-hydrogen) atoms. The monoisotopic (exact) mass is 228 g/mol. The van der Waals surface area contributed by atoms with Gasteiger partial charge in [0.25, 0.3) is 0 Å². The van der Waals surface area contributed by atoms with Crippen LogP contribution in [0.3, 0.4) is 0 Å². The summed E-state index contributed by atoms with van der Waals surface area (Å²) in [7, 11) is 0. The highest BCUT2D eigenvalue weighted by Gasteiger charge is 2.27. The molecule has 0 aromatic carbocycles. The van der Waals surface area contributed by atoms with E-state index in [2.05, 4.69) is 0 Å². The second-order valence-electron chi connectivity index (χ2n) is 5.21. The molecule has 0 heterocycles. The minimum atomic E-state index is -0.393. The van der Waals surface area contributed by atoms with Gasteiger partial charge in [-0.3, -0.25) is 4.79 Å². The summed E-state index contributed by atoms with van der Waals surface area (Å²) in [5.41, 5.74) is -0.393. The van der Waals surface area contributed by atoms with Crippen molar-refractivity contribution < 1.29 is 14.3 Å². The van der Waals surface area contributed by atoms with Crippen molar-refractivity contribution in [1.29, 1.82) is 0 Å². The zero-order valence-electron chi connectivity index (χ0n) is 10.8. The first-order valence-electron chi connectivity index (χ1n) is 6.35. The van der Waals surface area contributed by atoms with Crippen LogP contribution in [-0.4, -0.2) is 18.9 Å². The number of ether oxygens (including phenoxy) is 2. The third-order valence-corrected chi connectivity index (χ3v) is 3.48. The molecular formula is C13H24O3. The Morgan fingerprint density at radius 2 is 1.88 bits per heavy atom. The highest BCUT2D eigenvalue weighted by molar-refractivity contribution is 5.75. The Kier molecular flexibility index (Phi) is 5.26. The maximum Gasteiger partial charge on any atom is 0.313 e. The molecule has 94 valence electrons. The molecule has 0 amide bonds. The molecule has 0 atom stereocenters. The summed E-state index contributed by atoms with van der Waals surface area (Å²) in [5.74, 6) is -0.161. The largest absolute Gasteiger partial charge is 0.438 e. The van der Waals surface area contributed by atoms with Crippen LogP contribution in [0.15, 0.2) is 0 Å². The third kappa shape index (κ3) is 4.12. The Morgan fingerprint density at radius 3 is 2.44 bits per heavy atom. The summed E-state index contributed by atoms with van der Waals surface area (Å²) in [6, 6.07) is 0. The smallest absolute Gasteiger partial charge is 0.313 e. The summed E-state index contributed by atoms with van der Waals surface area (Å²) in [6.07, 6.45) is 7.07. The first-order valence-corrected chi connectivity index (χ1v) is 6.35. The van der Waals surface area contributed by atoms with Crippen LogP contribution in [0.1, 0.15) is 59.3 Å². The predicted molar refractivity (Wildman–Crippen MR) is 63.0 cm³/mol. The Bertz CT molecular complexity index is 217. The van der Waals surface area contributed by atoms with Crippen molar-refractivity contribution in [2.75, 3.05) is 6.79 Å². The second-order valence-corrected chi connectivity index (χ2v) is 5.21. The molecule has 0 spiro atoms. The van der Waals surface area contributed by atoms with Crippen molar-refractivity contribution in [3.05, 3.63) is 0 Å². The Morgan fingerprint density at radius 1 is 1.25 bits per heavy atom. The maximum absolute atomic E-state index is 11.6. The van der Waals surface area contributed by atoms with Crippen molar-refractivity contribution in [3.63, 3.8) is 0 Å². The van der Waals surface area contributed by atoms with Gasteiger partial charge < -0.3 is 9.47 Å². The number of carbonyl (C=O) groups is 1. The van der Waals surface area contributed by atoms with Gasteiger partial charge in [0.05, 0.1) is 11.5 Å². The first-order chi connectivity index (χ1) is 7.56. The Hall–Kier alpha value is -0.570. The van der Waals surface area contributed by atoms with Gasteiger partial charge in [0.15, 0.2) is 6.79 Å².